The van der Waals surface area contributed by atoms with Crippen molar-refractivity contribution in [2.45, 2.75) is 33.3 Å². The molecule has 16 heavy (non-hydrogen) atoms. The van der Waals surface area contributed by atoms with Gasteiger partial charge in [-0.3, -0.25) is 4.79 Å². The van der Waals surface area contributed by atoms with Gasteiger partial charge >= 0.3 is 0 Å². The Balaban J connectivity index is 3.10. The Hall–Kier alpha value is -0.350. The van der Waals surface area contributed by atoms with E-state index in [0.29, 0.717) is 6.29 Å². The second kappa shape index (κ2) is 4.88. The summed E-state index contributed by atoms with van der Waals surface area (Å²) in [5.41, 5.74) is -0.00581. The number of aldehydes is 1. The first-order chi connectivity index (χ1) is 7.34. The monoisotopic (exact) mass is 290 g/mol. The van der Waals surface area contributed by atoms with E-state index in [1.165, 1.54) is 0 Å². The average Bonchev–Trinajstić information content (AvgIpc) is 2.38. The molecular formula is C12H19BrO3. The maximum Gasteiger partial charge on any atom is 0.152 e. The van der Waals surface area contributed by atoms with Gasteiger partial charge in [0.05, 0.1) is 11.7 Å². The molecule has 0 fully saturated rings. The van der Waals surface area contributed by atoms with E-state index in [1.54, 1.807) is 0 Å². The normalized spacial score (nSPS) is 30.9. The van der Waals surface area contributed by atoms with Gasteiger partial charge in [0.2, 0.25) is 0 Å². The van der Waals surface area contributed by atoms with Crippen molar-refractivity contribution < 1.29 is 15.0 Å². The highest BCUT2D eigenvalue weighted by atomic mass is 79.9. The van der Waals surface area contributed by atoms with E-state index in [9.17, 15) is 15.0 Å². The van der Waals surface area contributed by atoms with Crippen molar-refractivity contribution in [1.82, 2.24) is 0 Å². The molecule has 4 heteroatoms. The summed E-state index contributed by atoms with van der Waals surface area (Å²) in [4.78, 5) is 10.9. The minimum absolute atomic E-state index is 0.0703. The van der Waals surface area contributed by atoms with Gasteiger partial charge in [-0.15, -0.1) is 0 Å². The summed E-state index contributed by atoms with van der Waals surface area (Å²) in [6.07, 6.45) is 0.483. The standard InChI is InChI=1S/C12H19BrO3/c1-12(2,3)9-7(4-5-13)10(15)8(6-14)11(9)16/h6-7,9-10,15-16H,4-5H2,1-3H3. The molecule has 0 bridgehead atoms. The molecular weight excluding hydrogens is 272 g/mol. The second-order valence-corrected chi connectivity index (χ2v) is 6.18. The van der Waals surface area contributed by atoms with Crippen LogP contribution in [0.1, 0.15) is 27.2 Å². The van der Waals surface area contributed by atoms with Crippen molar-refractivity contribution in [3.8, 4) is 0 Å². The highest BCUT2D eigenvalue weighted by Gasteiger charge is 2.46. The first kappa shape index (κ1) is 13.7. The maximum absolute atomic E-state index is 10.9. The molecule has 0 spiro atoms. The smallest absolute Gasteiger partial charge is 0.152 e. The van der Waals surface area contributed by atoms with Crippen LogP contribution in [-0.4, -0.2) is 27.9 Å². The first-order valence-corrected chi connectivity index (χ1v) is 6.59. The molecule has 0 aromatic rings. The summed E-state index contributed by atoms with van der Waals surface area (Å²) in [5, 5.41) is 20.8. The molecule has 3 unspecified atom stereocenters. The number of hydrogen-bond acceptors (Lipinski definition) is 3. The van der Waals surface area contributed by atoms with Crippen molar-refractivity contribution in [3.05, 3.63) is 11.3 Å². The Morgan fingerprint density at radius 2 is 2.00 bits per heavy atom. The number of rotatable bonds is 3. The molecule has 0 aliphatic heterocycles. The lowest BCUT2D eigenvalue weighted by atomic mass is 9.73. The van der Waals surface area contributed by atoms with Gasteiger partial charge in [-0.25, -0.2) is 0 Å². The lowest BCUT2D eigenvalue weighted by Gasteiger charge is -2.33. The Morgan fingerprint density at radius 1 is 1.44 bits per heavy atom. The third-order valence-corrected chi connectivity index (χ3v) is 3.70. The van der Waals surface area contributed by atoms with Gasteiger partial charge in [0, 0.05) is 17.2 Å². The van der Waals surface area contributed by atoms with Crippen molar-refractivity contribution in [1.29, 1.82) is 0 Å². The quantitative estimate of drug-likeness (QED) is 0.620. The van der Waals surface area contributed by atoms with Crippen LogP contribution in [0, 0.1) is 17.3 Å². The number of allylic oxidation sites excluding steroid dienone is 1. The van der Waals surface area contributed by atoms with Crippen LogP contribution in [0.5, 0.6) is 0 Å². The number of hydrogen-bond donors (Lipinski definition) is 2. The topological polar surface area (TPSA) is 57.5 Å². The molecule has 2 N–H and O–H groups in total. The maximum atomic E-state index is 10.9. The fraction of sp³-hybridized carbons (Fsp3) is 0.750. The molecule has 0 heterocycles. The molecule has 0 amide bonds. The largest absolute Gasteiger partial charge is 0.511 e. The number of aliphatic hydroxyl groups is 2. The summed E-state index contributed by atoms with van der Waals surface area (Å²) in [7, 11) is 0. The predicted molar refractivity (Wildman–Crippen MR) is 66.6 cm³/mol. The molecule has 1 aliphatic rings. The summed E-state index contributed by atoms with van der Waals surface area (Å²) < 4.78 is 0. The predicted octanol–water partition coefficient (Wildman–Crippen LogP) is 2.44. The van der Waals surface area contributed by atoms with Crippen LogP contribution < -0.4 is 0 Å². The number of alkyl halides is 1. The Morgan fingerprint density at radius 3 is 2.38 bits per heavy atom. The SMILES string of the molecule is CC(C)(C)C1C(O)=C(C=O)C(O)C1CCBr. The molecule has 3 nitrogen and oxygen atoms in total. The van der Waals surface area contributed by atoms with E-state index < -0.39 is 6.10 Å². The summed E-state index contributed by atoms with van der Waals surface area (Å²) >= 11 is 3.34. The second-order valence-electron chi connectivity index (χ2n) is 5.39. The lowest BCUT2D eigenvalue weighted by Crippen LogP contribution is -2.31. The van der Waals surface area contributed by atoms with Crippen LogP contribution in [0.25, 0.3) is 0 Å². The van der Waals surface area contributed by atoms with Gasteiger partial charge in [-0.1, -0.05) is 36.7 Å². The molecule has 0 radical (unpaired) electrons. The molecule has 0 saturated heterocycles. The molecule has 1 rings (SSSR count). The van der Waals surface area contributed by atoms with Gasteiger partial charge < -0.3 is 10.2 Å². The van der Waals surface area contributed by atoms with E-state index in [0.717, 1.165) is 11.8 Å². The molecule has 0 aromatic heterocycles. The van der Waals surface area contributed by atoms with Gasteiger partial charge in [0.15, 0.2) is 6.29 Å². The minimum Gasteiger partial charge on any atom is -0.511 e. The Labute approximate surface area is 105 Å². The molecule has 3 atom stereocenters. The lowest BCUT2D eigenvalue weighted by molar-refractivity contribution is -0.106. The summed E-state index contributed by atoms with van der Waals surface area (Å²) in [5.74, 6) is -0.166. The number of carbonyl (C=O) groups excluding carboxylic acids is 1. The molecule has 0 aromatic carbocycles. The van der Waals surface area contributed by atoms with E-state index >= 15 is 0 Å². The third-order valence-electron chi connectivity index (χ3n) is 3.25. The van der Waals surface area contributed by atoms with Crippen LogP contribution in [0.4, 0.5) is 0 Å². The molecule has 92 valence electrons. The van der Waals surface area contributed by atoms with Crippen molar-refractivity contribution in [3.63, 3.8) is 0 Å². The minimum atomic E-state index is -0.834. The van der Waals surface area contributed by atoms with E-state index in [4.69, 9.17) is 0 Å². The molecule has 0 saturated carbocycles. The van der Waals surface area contributed by atoms with Gasteiger partial charge in [-0.2, -0.15) is 0 Å². The fourth-order valence-corrected chi connectivity index (χ4v) is 3.11. The summed E-state index contributed by atoms with van der Waals surface area (Å²) in [6, 6.07) is 0. The highest BCUT2D eigenvalue weighted by Crippen LogP contribution is 2.47. The van der Waals surface area contributed by atoms with Gasteiger partial charge in [-0.05, 0) is 11.8 Å². The fourth-order valence-electron chi connectivity index (χ4n) is 2.58. The zero-order valence-electron chi connectivity index (χ0n) is 9.90. The van der Waals surface area contributed by atoms with E-state index in [2.05, 4.69) is 15.9 Å². The van der Waals surface area contributed by atoms with Crippen LogP contribution in [0.3, 0.4) is 0 Å². The van der Waals surface area contributed by atoms with Gasteiger partial charge in [0.1, 0.15) is 5.76 Å². The number of aliphatic hydroxyl groups excluding tert-OH is 2. The third kappa shape index (κ3) is 2.33. The Bertz CT molecular complexity index is 304. The van der Waals surface area contributed by atoms with Crippen LogP contribution >= 0.6 is 15.9 Å². The zero-order valence-corrected chi connectivity index (χ0v) is 11.5. The van der Waals surface area contributed by atoms with E-state index in [-0.39, 0.29) is 28.6 Å². The van der Waals surface area contributed by atoms with Crippen LogP contribution in [-0.2, 0) is 4.79 Å². The number of halogens is 1. The summed E-state index contributed by atoms with van der Waals surface area (Å²) in [6.45, 7) is 6.03. The first-order valence-electron chi connectivity index (χ1n) is 5.46. The Kier molecular flexibility index (Phi) is 4.18. The highest BCUT2D eigenvalue weighted by molar-refractivity contribution is 9.09. The van der Waals surface area contributed by atoms with Crippen LogP contribution in [0.2, 0.25) is 0 Å². The van der Waals surface area contributed by atoms with Crippen LogP contribution in [0.15, 0.2) is 11.3 Å². The van der Waals surface area contributed by atoms with Crippen molar-refractivity contribution >= 4 is 22.2 Å². The average molecular weight is 291 g/mol. The van der Waals surface area contributed by atoms with Crippen molar-refractivity contribution in [2.24, 2.45) is 17.3 Å². The van der Waals surface area contributed by atoms with E-state index in [1.807, 2.05) is 20.8 Å². The van der Waals surface area contributed by atoms with Crippen molar-refractivity contribution in [2.75, 3.05) is 5.33 Å². The van der Waals surface area contributed by atoms with Gasteiger partial charge in [0.25, 0.3) is 0 Å². The number of carbonyl (C=O) groups is 1. The molecule has 1 aliphatic carbocycles. The zero-order chi connectivity index (χ0) is 12.5.